The van der Waals surface area contributed by atoms with Crippen molar-refractivity contribution in [2.24, 2.45) is 5.92 Å². The highest BCUT2D eigenvalue weighted by Gasteiger charge is 2.36. The Balaban J connectivity index is 1.57. The van der Waals surface area contributed by atoms with Crippen molar-refractivity contribution in [2.45, 2.75) is 20.3 Å². The number of carbonyl (C=O) groups excluding carboxylic acids is 4. The zero-order chi connectivity index (χ0) is 24.9. The Hall–Kier alpha value is -3.98. The van der Waals surface area contributed by atoms with Crippen LogP contribution in [0.4, 0.5) is 16.4 Å². The highest BCUT2D eigenvalue weighted by Crippen LogP contribution is 2.35. The van der Waals surface area contributed by atoms with Gasteiger partial charge in [-0.3, -0.25) is 14.4 Å². The monoisotopic (exact) mass is 491 g/mol. The molecule has 3 aromatic rings. The second-order valence-electron chi connectivity index (χ2n) is 8.03. The van der Waals surface area contributed by atoms with Gasteiger partial charge in [-0.1, -0.05) is 36.4 Å². The minimum absolute atomic E-state index is 0.0567. The van der Waals surface area contributed by atoms with Gasteiger partial charge in [0.25, 0.3) is 5.91 Å². The standard InChI is InChI=1S/C26H25N3O5S/c1-3-34-26(33)21-16(2)22(24(32)27-18-10-6-4-7-11-18)35-25(21)28-23(31)17-14-20(30)29(15-17)19-12-8-5-9-13-19/h4-13,17H,3,14-15H2,1-2H3,(H,27,32)(H,28,31). The SMILES string of the molecule is CCOC(=O)c1c(NC(=O)C2CC(=O)N(c3ccccc3)C2)sc(C(=O)Nc2ccccc2)c1C. The van der Waals surface area contributed by atoms with E-state index in [4.69, 9.17) is 4.74 Å². The normalized spacial score (nSPS) is 15.1. The molecule has 0 aliphatic carbocycles. The van der Waals surface area contributed by atoms with Crippen LogP contribution in [0.3, 0.4) is 0 Å². The summed E-state index contributed by atoms with van der Waals surface area (Å²) in [6, 6.07) is 18.1. The van der Waals surface area contributed by atoms with Gasteiger partial charge in [0.15, 0.2) is 0 Å². The summed E-state index contributed by atoms with van der Waals surface area (Å²) in [5.74, 6) is -2.15. The number of carbonyl (C=O) groups is 4. The molecule has 2 N–H and O–H groups in total. The Morgan fingerprint density at radius 3 is 2.34 bits per heavy atom. The van der Waals surface area contributed by atoms with Crippen LogP contribution >= 0.6 is 11.3 Å². The van der Waals surface area contributed by atoms with Crippen molar-refractivity contribution < 1.29 is 23.9 Å². The van der Waals surface area contributed by atoms with Gasteiger partial charge in [-0.25, -0.2) is 4.79 Å². The Kier molecular flexibility index (Phi) is 7.26. The Morgan fingerprint density at radius 2 is 1.69 bits per heavy atom. The fourth-order valence-electron chi connectivity index (χ4n) is 3.93. The molecule has 1 atom stereocenters. The smallest absolute Gasteiger partial charge is 0.341 e. The van der Waals surface area contributed by atoms with Gasteiger partial charge in [0.1, 0.15) is 5.00 Å². The van der Waals surface area contributed by atoms with Crippen molar-refractivity contribution in [3.8, 4) is 0 Å². The van der Waals surface area contributed by atoms with Crippen LogP contribution in [0, 0.1) is 12.8 Å². The molecule has 1 unspecified atom stereocenters. The molecule has 3 amide bonds. The molecule has 4 rings (SSSR count). The Morgan fingerprint density at radius 1 is 1.03 bits per heavy atom. The van der Waals surface area contributed by atoms with E-state index in [-0.39, 0.29) is 36.0 Å². The highest BCUT2D eigenvalue weighted by molar-refractivity contribution is 7.19. The number of anilines is 3. The zero-order valence-electron chi connectivity index (χ0n) is 19.4. The molecule has 1 aliphatic rings. The summed E-state index contributed by atoms with van der Waals surface area (Å²) in [4.78, 5) is 53.2. The summed E-state index contributed by atoms with van der Waals surface area (Å²) in [7, 11) is 0. The van der Waals surface area contributed by atoms with Crippen molar-refractivity contribution in [2.75, 3.05) is 28.7 Å². The number of thiophene rings is 1. The second-order valence-corrected chi connectivity index (χ2v) is 9.05. The topological polar surface area (TPSA) is 105 Å². The van der Waals surface area contributed by atoms with Crippen LogP contribution in [0.5, 0.6) is 0 Å². The first kappa shape index (κ1) is 24.2. The van der Waals surface area contributed by atoms with Gasteiger partial charge in [0.2, 0.25) is 11.8 Å². The molecule has 2 aromatic carbocycles. The number of para-hydroxylation sites is 2. The highest BCUT2D eigenvalue weighted by atomic mass is 32.1. The van der Waals surface area contributed by atoms with Crippen LogP contribution in [-0.4, -0.2) is 36.8 Å². The van der Waals surface area contributed by atoms with Crippen LogP contribution in [0.25, 0.3) is 0 Å². The predicted molar refractivity (Wildman–Crippen MR) is 135 cm³/mol. The minimum Gasteiger partial charge on any atom is -0.462 e. The van der Waals surface area contributed by atoms with Gasteiger partial charge in [-0.05, 0) is 43.7 Å². The van der Waals surface area contributed by atoms with Crippen molar-refractivity contribution in [1.82, 2.24) is 0 Å². The van der Waals surface area contributed by atoms with E-state index in [2.05, 4.69) is 10.6 Å². The third-order valence-electron chi connectivity index (χ3n) is 5.66. The number of amides is 3. The van der Waals surface area contributed by atoms with E-state index in [0.717, 1.165) is 17.0 Å². The molecule has 8 nitrogen and oxygen atoms in total. The molecular weight excluding hydrogens is 466 g/mol. The molecular formula is C26H25N3O5S. The Bertz CT molecular complexity index is 1260. The number of nitrogens with one attached hydrogen (secondary N) is 2. The molecule has 0 bridgehead atoms. The zero-order valence-corrected chi connectivity index (χ0v) is 20.2. The van der Waals surface area contributed by atoms with Crippen LogP contribution < -0.4 is 15.5 Å². The van der Waals surface area contributed by atoms with E-state index >= 15 is 0 Å². The van der Waals surface area contributed by atoms with E-state index in [1.165, 1.54) is 0 Å². The number of esters is 1. The van der Waals surface area contributed by atoms with Crippen LogP contribution in [0.15, 0.2) is 60.7 Å². The number of nitrogens with zero attached hydrogens (tertiary/aromatic N) is 1. The molecule has 2 heterocycles. The summed E-state index contributed by atoms with van der Waals surface area (Å²) in [5, 5.41) is 5.82. The summed E-state index contributed by atoms with van der Waals surface area (Å²) in [6.45, 7) is 3.71. The molecule has 1 fully saturated rings. The van der Waals surface area contributed by atoms with Crippen molar-refractivity contribution in [3.63, 3.8) is 0 Å². The molecule has 1 aromatic heterocycles. The molecule has 0 spiro atoms. The molecule has 35 heavy (non-hydrogen) atoms. The molecule has 0 radical (unpaired) electrons. The van der Waals surface area contributed by atoms with E-state index in [9.17, 15) is 19.2 Å². The second kappa shape index (κ2) is 10.5. The lowest BCUT2D eigenvalue weighted by molar-refractivity contribution is -0.122. The lowest BCUT2D eigenvalue weighted by Crippen LogP contribution is -2.28. The average Bonchev–Trinajstić information content (AvgIpc) is 3.40. The fraction of sp³-hybridized carbons (Fsp3) is 0.231. The van der Waals surface area contributed by atoms with Crippen molar-refractivity contribution in [3.05, 3.63) is 76.7 Å². The summed E-state index contributed by atoms with van der Waals surface area (Å²) in [6.07, 6.45) is 0.0567. The maximum atomic E-state index is 13.1. The van der Waals surface area contributed by atoms with Gasteiger partial charge >= 0.3 is 5.97 Å². The van der Waals surface area contributed by atoms with Gasteiger partial charge in [-0.2, -0.15) is 0 Å². The quantitative estimate of drug-likeness (QED) is 0.474. The number of hydrogen-bond donors (Lipinski definition) is 2. The third-order valence-corrected chi connectivity index (χ3v) is 6.87. The molecule has 0 saturated carbocycles. The maximum absolute atomic E-state index is 13.1. The summed E-state index contributed by atoms with van der Waals surface area (Å²) >= 11 is 1.01. The van der Waals surface area contributed by atoms with Gasteiger partial charge in [0.05, 0.1) is 23.0 Å². The van der Waals surface area contributed by atoms with Crippen LogP contribution in [-0.2, 0) is 14.3 Å². The number of benzene rings is 2. The first-order chi connectivity index (χ1) is 16.9. The first-order valence-corrected chi connectivity index (χ1v) is 12.0. The number of ether oxygens (including phenoxy) is 1. The van der Waals surface area contributed by atoms with Crippen LogP contribution in [0.1, 0.15) is 38.9 Å². The molecule has 1 aliphatic heterocycles. The largest absolute Gasteiger partial charge is 0.462 e. The minimum atomic E-state index is -0.622. The maximum Gasteiger partial charge on any atom is 0.341 e. The molecule has 1 saturated heterocycles. The Labute approximate surface area is 206 Å². The van der Waals surface area contributed by atoms with Crippen molar-refractivity contribution >= 4 is 51.4 Å². The van der Waals surface area contributed by atoms with Crippen LogP contribution in [0.2, 0.25) is 0 Å². The first-order valence-electron chi connectivity index (χ1n) is 11.2. The van der Waals surface area contributed by atoms with Gasteiger partial charge in [-0.15, -0.1) is 11.3 Å². The lowest BCUT2D eigenvalue weighted by atomic mass is 10.1. The van der Waals surface area contributed by atoms with E-state index in [1.54, 1.807) is 43.0 Å². The van der Waals surface area contributed by atoms with Gasteiger partial charge < -0.3 is 20.3 Å². The predicted octanol–water partition coefficient (Wildman–Crippen LogP) is 4.48. The molecule has 180 valence electrons. The number of hydrogen-bond acceptors (Lipinski definition) is 6. The summed E-state index contributed by atoms with van der Waals surface area (Å²) < 4.78 is 5.18. The van der Waals surface area contributed by atoms with Gasteiger partial charge in [0, 0.05) is 24.3 Å². The fourth-order valence-corrected chi connectivity index (χ4v) is 5.02. The average molecular weight is 492 g/mol. The lowest BCUT2D eigenvalue weighted by Gasteiger charge is -2.16. The molecule has 9 heteroatoms. The third kappa shape index (κ3) is 5.25. The number of rotatable bonds is 7. The summed E-state index contributed by atoms with van der Waals surface area (Å²) in [5.41, 5.74) is 1.91. The van der Waals surface area contributed by atoms with E-state index < -0.39 is 23.7 Å². The van der Waals surface area contributed by atoms with Crippen molar-refractivity contribution in [1.29, 1.82) is 0 Å². The van der Waals surface area contributed by atoms with E-state index in [1.807, 2.05) is 36.4 Å². The van der Waals surface area contributed by atoms with E-state index in [0.29, 0.717) is 16.1 Å².